The van der Waals surface area contributed by atoms with Gasteiger partial charge in [0.25, 0.3) is 5.91 Å². The van der Waals surface area contributed by atoms with Crippen LogP contribution in [0.2, 0.25) is 0 Å². The molecule has 0 spiro atoms. The fourth-order valence-electron chi connectivity index (χ4n) is 1.87. The molecule has 0 radical (unpaired) electrons. The van der Waals surface area contributed by atoms with E-state index >= 15 is 0 Å². The normalized spacial score (nSPS) is 18.6. The molecule has 4 heteroatoms. The van der Waals surface area contributed by atoms with Crippen LogP contribution in [0.3, 0.4) is 0 Å². The van der Waals surface area contributed by atoms with Crippen molar-refractivity contribution in [2.24, 2.45) is 4.99 Å². The molecule has 0 fully saturated rings. The molecule has 1 aliphatic heterocycles. The number of thiocarbonyl (C=S) groups is 1. The number of fused-ring (bicyclic) bond motifs is 1. The lowest BCUT2D eigenvalue weighted by atomic mass is 10.1. The molecule has 0 N–H and O–H groups in total. The molecular formula is C11H10N2OS. The first-order chi connectivity index (χ1) is 7.29. The van der Waals surface area contributed by atoms with Crippen molar-refractivity contribution in [3.8, 4) is 0 Å². The van der Waals surface area contributed by atoms with Gasteiger partial charge in [-0.05, 0) is 25.2 Å². The third kappa shape index (κ3) is 1.48. The number of anilines is 1. The average Bonchev–Trinajstić information content (AvgIpc) is 2.53. The lowest BCUT2D eigenvalue weighted by molar-refractivity contribution is -0.119. The largest absolute Gasteiger partial charge is 0.310 e. The van der Waals surface area contributed by atoms with Crippen molar-refractivity contribution in [3.05, 3.63) is 29.8 Å². The molecule has 0 saturated carbocycles. The van der Waals surface area contributed by atoms with Gasteiger partial charge in [-0.15, -0.1) is 0 Å². The number of amides is 1. The maximum atomic E-state index is 11.9. The molecule has 1 atom stereocenters. The zero-order chi connectivity index (χ0) is 10.8. The van der Waals surface area contributed by atoms with Gasteiger partial charge in [0, 0.05) is 17.8 Å². The monoisotopic (exact) mass is 218 g/mol. The smallest absolute Gasteiger partial charge is 0.257 e. The molecule has 0 saturated heterocycles. The molecular weight excluding hydrogens is 208 g/mol. The minimum Gasteiger partial charge on any atom is -0.310 e. The maximum absolute atomic E-state index is 11.9. The van der Waals surface area contributed by atoms with E-state index in [4.69, 9.17) is 0 Å². The summed E-state index contributed by atoms with van der Waals surface area (Å²) in [6.45, 7) is 2.59. The van der Waals surface area contributed by atoms with Gasteiger partial charge in [0.15, 0.2) is 6.04 Å². The molecule has 3 nitrogen and oxygen atoms in total. The summed E-state index contributed by atoms with van der Waals surface area (Å²) in [6, 6.07) is 7.16. The maximum Gasteiger partial charge on any atom is 0.257 e. The molecule has 2 rings (SSSR count). The SMILES string of the molecule is CCN1C(=O)C(N=C=S)c2ccccc21. The fourth-order valence-corrected chi connectivity index (χ4v) is 1.97. The quantitative estimate of drug-likeness (QED) is 0.563. The fraction of sp³-hybridized carbons (Fsp3) is 0.273. The number of carbonyl (C=O) groups excluding carboxylic acids is 1. The average molecular weight is 218 g/mol. The van der Waals surface area contributed by atoms with Crippen LogP contribution in [-0.2, 0) is 4.79 Å². The Hall–Kier alpha value is -1.51. The van der Waals surface area contributed by atoms with Crippen molar-refractivity contribution in [2.45, 2.75) is 13.0 Å². The highest BCUT2D eigenvalue weighted by Crippen LogP contribution is 2.37. The van der Waals surface area contributed by atoms with E-state index in [-0.39, 0.29) is 5.91 Å². The third-order valence-corrected chi connectivity index (χ3v) is 2.63. The molecule has 1 heterocycles. The molecule has 1 unspecified atom stereocenters. The Labute approximate surface area is 93.4 Å². The topological polar surface area (TPSA) is 32.7 Å². The summed E-state index contributed by atoms with van der Waals surface area (Å²) in [6.07, 6.45) is 0. The first kappa shape index (κ1) is 10.0. The Kier molecular flexibility index (Phi) is 2.62. The van der Waals surface area contributed by atoms with Gasteiger partial charge in [0.2, 0.25) is 0 Å². The van der Waals surface area contributed by atoms with Crippen LogP contribution in [-0.4, -0.2) is 17.6 Å². The second-order valence-corrected chi connectivity index (χ2v) is 3.45. The van der Waals surface area contributed by atoms with Crippen LogP contribution < -0.4 is 4.90 Å². The van der Waals surface area contributed by atoms with Crippen LogP contribution >= 0.6 is 12.2 Å². The van der Waals surface area contributed by atoms with E-state index in [1.807, 2.05) is 31.2 Å². The highest BCUT2D eigenvalue weighted by Gasteiger charge is 2.35. The van der Waals surface area contributed by atoms with Crippen LogP contribution in [0.1, 0.15) is 18.5 Å². The highest BCUT2D eigenvalue weighted by molar-refractivity contribution is 7.78. The first-order valence-electron chi connectivity index (χ1n) is 4.77. The summed E-state index contributed by atoms with van der Waals surface area (Å²) in [5.41, 5.74) is 1.85. The Morgan fingerprint density at radius 2 is 2.27 bits per heavy atom. The zero-order valence-corrected chi connectivity index (χ0v) is 9.12. The molecule has 0 bridgehead atoms. The van der Waals surface area contributed by atoms with Gasteiger partial charge in [-0.3, -0.25) is 4.79 Å². The Morgan fingerprint density at radius 1 is 1.53 bits per heavy atom. The van der Waals surface area contributed by atoms with Crippen molar-refractivity contribution in [1.29, 1.82) is 0 Å². The summed E-state index contributed by atoms with van der Waals surface area (Å²) in [7, 11) is 0. The number of hydrogen-bond acceptors (Lipinski definition) is 3. The van der Waals surface area contributed by atoms with Gasteiger partial charge in [0.1, 0.15) is 0 Å². The number of para-hydroxylation sites is 1. The number of benzene rings is 1. The summed E-state index contributed by atoms with van der Waals surface area (Å²) in [5, 5.41) is 2.29. The predicted molar refractivity (Wildman–Crippen MR) is 62.2 cm³/mol. The molecule has 1 aliphatic rings. The van der Waals surface area contributed by atoms with Crippen LogP contribution in [0.5, 0.6) is 0 Å². The molecule has 1 aromatic carbocycles. The highest BCUT2D eigenvalue weighted by atomic mass is 32.1. The molecule has 76 valence electrons. The predicted octanol–water partition coefficient (Wildman–Crippen LogP) is 2.20. The number of nitrogens with zero attached hydrogens (tertiary/aromatic N) is 2. The van der Waals surface area contributed by atoms with Crippen molar-refractivity contribution in [3.63, 3.8) is 0 Å². The summed E-state index contributed by atoms with van der Waals surface area (Å²) >= 11 is 4.56. The van der Waals surface area contributed by atoms with E-state index in [2.05, 4.69) is 22.4 Å². The second-order valence-electron chi connectivity index (χ2n) is 3.26. The van der Waals surface area contributed by atoms with Crippen molar-refractivity contribution < 1.29 is 4.79 Å². The summed E-state index contributed by atoms with van der Waals surface area (Å²) < 4.78 is 0. The number of hydrogen-bond donors (Lipinski definition) is 0. The molecule has 15 heavy (non-hydrogen) atoms. The van der Waals surface area contributed by atoms with E-state index < -0.39 is 6.04 Å². The van der Waals surface area contributed by atoms with Gasteiger partial charge < -0.3 is 4.90 Å². The van der Waals surface area contributed by atoms with Crippen LogP contribution in [0.15, 0.2) is 29.3 Å². The number of likely N-dealkylation sites (N-methyl/N-ethyl adjacent to an activating group) is 1. The van der Waals surface area contributed by atoms with Gasteiger partial charge in [0.05, 0.1) is 5.16 Å². The van der Waals surface area contributed by atoms with Gasteiger partial charge in [-0.1, -0.05) is 18.2 Å². The van der Waals surface area contributed by atoms with Crippen molar-refractivity contribution in [2.75, 3.05) is 11.4 Å². The van der Waals surface area contributed by atoms with Gasteiger partial charge in [-0.25, -0.2) is 4.99 Å². The number of rotatable bonds is 2. The van der Waals surface area contributed by atoms with E-state index in [0.29, 0.717) is 6.54 Å². The van der Waals surface area contributed by atoms with Crippen LogP contribution in [0, 0.1) is 0 Å². The number of isothiocyanates is 1. The van der Waals surface area contributed by atoms with Crippen molar-refractivity contribution in [1.82, 2.24) is 0 Å². The van der Waals surface area contributed by atoms with Crippen molar-refractivity contribution >= 4 is 29.0 Å². The molecule has 0 aliphatic carbocycles. The van der Waals surface area contributed by atoms with E-state index in [0.717, 1.165) is 11.3 Å². The van der Waals surface area contributed by atoms with Gasteiger partial charge >= 0.3 is 0 Å². The van der Waals surface area contributed by atoms with E-state index in [9.17, 15) is 4.79 Å². The van der Waals surface area contributed by atoms with Crippen LogP contribution in [0.25, 0.3) is 0 Å². The molecule has 1 amide bonds. The second kappa shape index (κ2) is 3.93. The van der Waals surface area contributed by atoms with E-state index in [1.165, 1.54) is 0 Å². The number of aliphatic imine (C=N–C) groups is 1. The minimum absolute atomic E-state index is 0.0175. The lowest BCUT2D eigenvalue weighted by Gasteiger charge is -2.13. The zero-order valence-electron chi connectivity index (χ0n) is 8.30. The standard InChI is InChI=1S/C11H10N2OS/c1-2-13-9-6-4-3-5-8(9)10(11(13)14)12-7-15/h3-6,10H,2H2,1H3. The Morgan fingerprint density at radius 3 is 2.93 bits per heavy atom. The number of carbonyl (C=O) groups is 1. The Bertz CT molecular complexity index is 452. The Balaban J connectivity index is 2.55. The third-order valence-electron chi connectivity index (χ3n) is 2.52. The first-order valence-corrected chi connectivity index (χ1v) is 5.17. The lowest BCUT2D eigenvalue weighted by Crippen LogP contribution is -2.27. The van der Waals surface area contributed by atoms with Gasteiger partial charge in [-0.2, -0.15) is 0 Å². The molecule has 0 aromatic heterocycles. The summed E-state index contributed by atoms with van der Waals surface area (Å²) in [5.74, 6) is -0.0175. The molecule has 1 aromatic rings. The summed E-state index contributed by atoms with van der Waals surface area (Å²) in [4.78, 5) is 17.6. The van der Waals surface area contributed by atoms with E-state index in [1.54, 1.807) is 4.90 Å². The minimum atomic E-state index is -0.487. The van der Waals surface area contributed by atoms with Crippen LogP contribution in [0.4, 0.5) is 5.69 Å².